The average Bonchev–Trinajstić information content (AvgIpc) is 2.88. The van der Waals surface area contributed by atoms with Gasteiger partial charge in [-0.2, -0.15) is 0 Å². The highest BCUT2D eigenvalue weighted by Crippen LogP contribution is 2.34. The number of halogens is 2. The van der Waals surface area contributed by atoms with E-state index in [1.807, 2.05) is 48.5 Å². The number of para-hydroxylation sites is 2. The topological polar surface area (TPSA) is 71.0 Å². The minimum absolute atomic E-state index is 0.0784. The van der Waals surface area contributed by atoms with Gasteiger partial charge in [0, 0.05) is 35.3 Å². The molecule has 3 rings (SSSR count). The molecule has 6 nitrogen and oxygen atoms in total. The Bertz CT molecular complexity index is 1210. The van der Waals surface area contributed by atoms with Gasteiger partial charge in [-0.25, -0.2) is 0 Å². The van der Waals surface area contributed by atoms with Crippen LogP contribution in [0.25, 0.3) is 0 Å². The first-order valence-electron chi connectivity index (χ1n) is 12.6. The molecule has 0 aliphatic carbocycles. The highest BCUT2D eigenvalue weighted by molar-refractivity contribution is 7.99. The van der Waals surface area contributed by atoms with Gasteiger partial charge in [-0.3, -0.25) is 9.69 Å². The lowest BCUT2D eigenvalue weighted by atomic mass is 10.0. The summed E-state index contributed by atoms with van der Waals surface area (Å²) in [5, 5.41) is 4.22. The number of carbonyl (C=O) groups is 1. The number of benzene rings is 3. The lowest BCUT2D eigenvalue weighted by molar-refractivity contribution is -0.133. The number of esters is 1. The second kappa shape index (κ2) is 14.5. The largest absolute Gasteiger partial charge is 0.426 e. The Morgan fingerprint density at radius 2 is 1.71 bits per heavy atom. The van der Waals surface area contributed by atoms with Gasteiger partial charge in [-0.15, -0.1) is 4.91 Å². The molecule has 1 N–H and O–H groups in total. The molecule has 0 amide bonds. The third-order valence-corrected chi connectivity index (χ3v) is 7.66. The highest BCUT2D eigenvalue weighted by atomic mass is 35.5. The van der Waals surface area contributed by atoms with Crippen LogP contribution in [0.15, 0.2) is 71.3 Å². The molecule has 202 valence electrons. The molecule has 0 fully saturated rings. The Morgan fingerprint density at radius 1 is 1.03 bits per heavy atom. The number of nitrogens with zero attached hydrogens (tertiary/aromatic N) is 2. The molecule has 3 aromatic carbocycles. The van der Waals surface area contributed by atoms with Gasteiger partial charge in [-0.1, -0.05) is 79.9 Å². The summed E-state index contributed by atoms with van der Waals surface area (Å²) in [6, 6.07) is 20.3. The van der Waals surface area contributed by atoms with Gasteiger partial charge < -0.3 is 10.1 Å². The SMILES string of the molecule is CCCC(C)(CN(CC)Cc1ccc(OC(=O)Cc2ccccc2Nc2c(Cl)cccc2Cl)cc1)SN=O. The Morgan fingerprint density at radius 3 is 2.34 bits per heavy atom. The number of ether oxygens (including phenoxy) is 1. The maximum absolute atomic E-state index is 12.8. The van der Waals surface area contributed by atoms with E-state index in [1.165, 1.54) is 0 Å². The minimum atomic E-state index is -0.374. The molecular formula is C29H33Cl2N3O3S. The fourth-order valence-electron chi connectivity index (χ4n) is 4.32. The molecule has 0 spiro atoms. The van der Waals surface area contributed by atoms with E-state index in [2.05, 4.69) is 35.6 Å². The summed E-state index contributed by atoms with van der Waals surface area (Å²) in [6.07, 6.45) is 1.98. The van der Waals surface area contributed by atoms with Gasteiger partial charge in [0.2, 0.25) is 0 Å². The third-order valence-electron chi connectivity index (χ3n) is 6.18. The van der Waals surface area contributed by atoms with E-state index in [0.29, 0.717) is 21.5 Å². The van der Waals surface area contributed by atoms with E-state index in [-0.39, 0.29) is 17.1 Å². The van der Waals surface area contributed by atoms with Crippen LogP contribution in [-0.4, -0.2) is 28.7 Å². The molecule has 0 bridgehead atoms. The Labute approximate surface area is 239 Å². The van der Waals surface area contributed by atoms with E-state index < -0.39 is 0 Å². The van der Waals surface area contributed by atoms with Crippen molar-refractivity contribution in [2.75, 3.05) is 18.4 Å². The van der Waals surface area contributed by atoms with E-state index in [0.717, 1.165) is 61.2 Å². The van der Waals surface area contributed by atoms with E-state index in [1.54, 1.807) is 18.2 Å². The van der Waals surface area contributed by atoms with Crippen molar-refractivity contribution >= 4 is 52.5 Å². The zero-order chi connectivity index (χ0) is 27.5. The molecule has 0 saturated heterocycles. The first-order chi connectivity index (χ1) is 18.3. The molecule has 0 aliphatic heterocycles. The maximum Gasteiger partial charge on any atom is 0.315 e. The Kier molecular flexibility index (Phi) is 11.5. The first kappa shape index (κ1) is 30.0. The summed E-state index contributed by atoms with van der Waals surface area (Å²) in [6.45, 7) is 8.65. The van der Waals surface area contributed by atoms with Crippen molar-refractivity contribution in [2.24, 2.45) is 4.58 Å². The molecule has 0 aromatic heterocycles. The van der Waals surface area contributed by atoms with Crippen LogP contribution in [0.2, 0.25) is 10.0 Å². The summed E-state index contributed by atoms with van der Waals surface area (Å²) >= 11 is 13.7. The number of carbonyl (C=O) groups excluding carboxylic acids is 1. The lowest BCUT2D eigenvalue weighted by Crippen LogP contribution is -2.38. The van der Waals surface area contributed by atoms with Gasteiger partial charge in [-0.05, 0) is 61.3 Å². The number of anilines is 2. The smallest absolute Gasteiger partial charge is 0.315 e. The van der Waals surface area contributed by atoms with Gasteiger partial charge in [0.1, 0.15) is 5.75 Å². The summed E-state index contributed by atoms with van der Waals surface area (Å²) in [7, 11) is 0. The van der Waals surface area contributed by atoms with Crippen LogP contribution in [0.3, 0.4) is 0 Å². The number of nitrogens with one attached hydrogen (secondary N) is 1. The quantitative estimate of drug-likeness (QED) is 0.0899. The number of rotatable bonds is 14. The van der Waals surface area contributed by atoms with Crippen molar-refractivity contribution < 1.29 is 9.53 Å². The Hall–Kier alpha value is -2.58. The van der Waals surface area contributed by atoms with Crippen LogP contribution in [-0.2, 0) is 17.8 Å². The molecule has 1 unspecified atom stereocenters. The summed E-state index contributed by atoms with van der Waals surface area (Å²) in [4.78, 5) is 26.0. The second-order valence-corrected chi connectivity index (χ2v) is 11.5. The summed E-state index contributed by atoms with van der Waals surface area (Å²) in [5.41, 5.74) is 3.18. The van der Waals surface area contributed by atoms with Crippen LogP contribution in [0, 0.1) is 4.91 Å². The minimum Gasteiger partial charge on any atom is -0.426 e. The standard InChI is InChI=1S/C29H33Cl2N3O3S/c1-4-17-29(3,38-33-36)20-34(5-2)19-21-13-15-23(16-14-21)37-27(35)18-22-9-6-7-12-26(22)32-28-24(30)10-8-11-25(28)31/h6-16,32H,4-5,17-20H2,1-3H3. The first-order valence-corrected chi connectivity index (χ1v) is 14.1. The number of nitroso groups, excluding NO2 is 1. The molecule has 9 heteroatoms. The van der Waals surface area contributed by atoms with Crippen LogP contribution >= 0.6 is 35.1 Å². The molecular weight excluding hydrogens is 541 g/mol. The van der Waals surface area contributed by atoms with Crippen molar-refractivity contribution in [1.29, 1.82) is 0 Å². The normalized spacial score (nSPS) is 12.7. The van der Waals surface area contributed by atoms with Crippen LogP contribution < -0.4 is 10.1 Å². The van der Waals surface area contributed by atoms with Gasteiger partial charge in [0.05, 0.1) is 26.9 Å². The third kappa shape index (κ3) is 8.73. The molecule has 0 aliphatic rings. The average molecular weight is 575 g/mol. The second-order valence-electron chi connectivity index (χ2n) is 9.34. The fraction of sp³-hybridized carbons (Fsp3) is 0.345. The van der Waals surface area contributed by atoms with Crippen molar-refractivity contribution in [2.45, 2.75) is 51.3 Å². The lowest BCUT2D eigenvalue weighted by Gasteiger charge is -2.32. The molecule has 0 saturated carbocycles. The van der Waals surface area contributed by atoms with Crippen molar-refractivity contribution in [1.82, 2.24) is 4.90 Å². The van der Waals surface area contributed by atoms with Gasteiger partial charge in [0.15, 0.2) is 0 Å². The summed E-state index contributed by atoms with van der Waals surface area (Å²) < 4.78 is 8.50. The number of hydrogen-bond donors (Lipinski definition) is 1. The van der Waals surface area contributed by atoms with Crippen LogP contribution in [0.1, 0.15) is 44.7 Å². The van der Waals surface area contributed by atoms with Crippen molar-refractivity contribution in [3.63, 3.8) is 0 Å². The van der Waals surface area contributed by atoms with E-state index in [4.69, 9.17) is 27.9 Å². The molecule has 0 heterocycles. The molecule has 3 aromatic rings. The number of hydrogen-bond acceptors (Lipinski definition) is 7. The monoisotopic (exact) mass is 573 g/mol. The predicted molar refractivity (Wildman–Crippen MR) is 160 cm³/mol. The molecule has 38 heavy (non-hydrogen) atoms. The highest BCUT2D eigenvalue weighted by Gasteiger charge is 2.28. The van der Waals surface area contributed by atoms with Gasteiger partial charge >= 0.3 is 5.97 Å². The zero-order valence-electron chi connectivity index (χ0n) is 21.9. The van der Waals surface area contributed by atoms with E-state index >= 15 is 0 Å². The fourth-order valence-corrected chi connectivity index (χ4v) is 5.52. The maximum atomic E-state index is 12.8. The predicted octanol–water partition coefficient (Wildman–Crippen LogP) is 8.68. The zero-order valence-corrected chi connectivity index (χ0v) is 24.2. The Balaban J connectivity index is 1.62. The van der Waals surface area contributed by atoms with Crippen LogP contribution in [0.5, 0.6) is 5.75 Å². The van der Waals surface area contributed by atoms with E-state index in [9.17, 15) is 9.70 Å². The van der Waals surface area contributed by atoms with Crippen molar-refractivity contribution in [3.8, 4) is 5.75 Å². The molecule has 0 radical (unpaired) electrons. The molecule has 1 atom stereocenters. The van der Waals surface area contributed by atoms with Crippen LogP contribution in [0.4, 0.5) is 11.4 Å². The van der Waals surface area contributed by atoms with Crippen molar-refractivity contribution in [3.05, 3.63) is 92.8 Å². The summed E-state index contributed by atoms with van der Waals surface area (Å²) in [5.74, 6) is 0.110. The van der Waals surface area contributed by atoms with Gasteiger partial charge in [0.25, 0.3) is 0 Å².